The van der Waals surface area contributed by atoms with Gasteiger partial charge >= 0.3 is 0 Å². The van der Waals surface area contributed by atoms with Gasteiger partial charge in [0.25, 0.3) is 0 Å². The van der Waals surface area contributed by atoms with Crippen molar-refractivity contribution in [2.75, 3.05) is 12.4 Å². The highest BCUT2D eigenvalue weighted by atomic mass is 35.7. The molecule has 0 aromatic heterocycles. The zero-order valence-corrected chi connectivity index (χ0v) is 13.7. The molecule has 0 spiro atoms. The Morgan fingerprint density at radius 1 is 1.35 bits per heavy atom. The van der Waals surface area contributed by atoms with Gasteiger partial charge in [-0.2, -0.15) is 0 Å². The Morgan fingerprint density at radius 3 is 2.40 bits per heavy atom. The summed E-state index contributed by atoms with van der Waals surface area (Å²) in [7, 11) is 1.74. The smallest absolute Gasteiger partial charge is 0.233 e. The Hall–Kier alpha value is -0.810. The summed E-state index contributed by atoms with van der Waals surface area (Å²) in [4.78, 5) is 0. The lowest BCUT2D eigenvalue weighted by molar-refractivity contribution is 0.163. The van der Waals surface area contributed by atoms with Crippen molar-refractivity contribution in [3.8, 4) is 5.75 Å². The van der Waals surface area contributed by atoms with E-state index < -0.39 is 9.05 Å². The van der Waals surface area contributed by atoms with Crippen LogP contribution in [0.2, 0.25) is 0 Å². The van der Waals surface area contributed by atoms with E-state index in [9.17, 15) is 12.8 Å². The Kier molecular flexibility index (Phi) is 5.44. The molecule has 1 aromatic rings. The van der Waals surface area contributed by atoms with Gasteiger partial charge < -0.3 is 4.74 Å². The van der Waals surface area contributed by atoms with Gasteiger partial charge in [-0.1, -0.05) is 20.8 Å². The molecule has 0 saturated carbocycles. The van der Waals surface area contributed by atoms with Crippen molar-refractivity contribution in [1.29, 1.82) is 0 Å². The van der Waals surface area contributed by atoms with E-state index in [1.54, 1.807) is 13.0 Å². The number of halogens is 2. The van der Waals surface area contributed by atoms with E-state index >= 15 is 0 Å². The van der Waals surface area contributed by atoms with Crippen LogP contribution in [0.25, 0.3) is 0 Å². The quantitative estimate of drug-likeness (QED) is 0.775. The van der Waals surface area contributed by atoms with E-state index in [-0.39, 0.29) is 29.5 Å². The van der Waals surface area contributed by atoms with Crippen LogP contribution < -0.4 is 4.74 Å². The molecular weight excluding hydrogens is 303 g/mol. The average molecular weight is 323 g/mol. The first-order valence-corrected chi connectivity index (χ1v) is 8.78. The Labute approximate surface area is 124 Å². The van der Waals surface area contributed by atoms with Gasteiger partial charge in [0.05, 0.1) is 12.4 Å². The second-order valence-electron chi connectivity index (χ2n) is 5.99. The molecule has 20 heavy (non-hydrogen) atoms. The SMILES string of the molecule is Cc1cc(F)ccc1OCC(CS(=O)(=O)Cl)C(C)(C)C. The molecule has 0 N–H and O–H groups in total. The molecule has 0 aliphatic heterocycles. The largest absolute Gasteiger partial charge is 0.493 e. The van der Waals surface area contributed by atoms with Crippen LogP contribution in [0, 0.1) is 24.1 Å². The molecule has 0 heterocycles. The first kappa shape index (κ1) is 17.2. The van der Waals surface area contributed by atoms with Crippen LogP contribution in [0.15, 0.2) is 18.2 Å². The maximum atomic E-state index is 13.0. The normalized spacial score (nSPS) is 14.1. The summed E-state index contributed by atoms with van der Waals surface area (Å²) in [5.74, 6) is -0.189. The summed E-state index contributed by atoms with van der Waals surface area (Å²) in [5.41, 5.74) is 0.405. The maximum absolute atomic E-state index is 13.0. The second-order valence-corrected chi connectivity index (χ2v) is 8.81. The summed E-state index contributed by atoms with van der Waals surface area (Å²) in [6, 6.07) is 4.23. The molecule has 1 unspecified atom stereocenters. The van der Waals surface area contributed by atoms with Crippen LogP contribution >= 0.6 is 10.7 Å². The Bertz CT molecular complexity index is 564. The van der Waals surface area contributed by atoms with Crippen molar-refractivity contribution < 1.29 is 17.5 Å². The van der Waals surface area contributed by atoms with Crippen molar-refractivity contribution in [3.05, 3.63) is 29.6 Å². The molecule has 0 amide bonds. The lowest BCUT2D eigenvalue weighted by atomic mass is 9.82. The van der Waals surface area contributed by atoms with Gasteiger partial charge in [0.15, 0.2) is 0 Å². The number of hydrogen-bond acceptors (Lipinski definition) is 3. The van der Waals surface area contributed by atoms with Crippen molar-refractivity contribution in [3.63, 3.8) is 0 Å². The van der Waals surface area contributed by atoms with Gasteiger partial charge in [-0.3, -0.25) is 0 Å². The molecule has 0 fully saturated rings. The monoisotopic (exact) mass is 322 g/mol. The Morgan fingerprint density at radius 2 is 1.95 bits per heavy atom. The highest BCUT2D eigenvalue weighted by molar-refractivity contribution is 8.13. The van der Waals surface area contributed by atoms with Crippen LogP contribution in [0.3, 0.4) is 0 Å². The van der Waals surface area contributed by atoms with Gasteiger partial charge in [0.2, 0.25) is 9.05 Å². The number of hydrogen-bond donors (Lipinski definition) is 0. The third-order valence-electron chi connectivity index (χ3n) is 3.20. The lowest BCUT2D eigenvalue weighted by Gasteiger charge is -2.29. The van der Waals surface area contributed by atoms with E-state index in [1.165, 1.54) is 12.1 Å². The molecule has 3 nitrogen and oxygen atoms in total. The third kappa shape index (κ3) is 5.67. The molecule has 0 aliphatic carbocycles. The third-order valence-corrected chi connectivity index (χ3v) is 4.38. The maximum Gasteiger partial charge on any atom is 0.233 e. The number of rotatable bonds is 5. The molecule has 1 rings (SSSR count). The molecule has 0 saturated heterocycles. The molecule has 0 bridgehead atoms. The summed E-state index contributed by atoms with van der Waals surface area (Å²) in [6.45, 7) is 7.74. The van der Waals surface area contributed by atoms with Gasteiger partial charge in [-0.15, -0.1) is 0 Å². The van der Waals surface area contributed by atoms with E-state index in [0.717, 1.165) is 0 Å². The van der Waals surface area contributed by atoms with Crippen molar-refractivity contribution in [1.82, 2.24) is 0 Å². The van der Waals surface area contributed by atoms with Gasteiger partial charge in [-0.05, 0) is 36.1 Å². The lowest BCUT2D eigenvalue weighted by Crippen LogP contribution is -2.31. The zero-order chi connectivity index (χ0) is 15.6. The van der Waals surface area contributed by atoms with E-state index in [4.69, 9.17) is 15.4 Å². The van der Waals surface area contributed by atoms with Crippen LogP contribution in [0.4, 0.5) is 4.39 Å². The number of benzene rings is 1. The highest BCUT2D eigenvalue weighted by Crippen LogP contribution is 2.29. The molecule has 0 radical (unpaired) electrons. The molecule has 0 aliphatic rings. The summed E-state index contributed by atoms with van der Waals surface area (Å²) < 4.78 is 41.2. The first-order valence-electron chi connectivity index (χ1n) is 6.30. The zero-order valence-electron chi connectivity index (χ0n) is 12.1. The van der Waals surface area contributed by atoms with E-state index in [1.807, 2.05) is 20.8 Å². The van der Waals surface area contributed by atoms with Crippen molar-refractivity contribution in [2.45, 2.75) is 27.7 Å². The van der Waals surface area contributed by atoms with Crippen LogP contribution in [0.5, 0.6) is 5.75 Å². The number of aryl methyl sites for hydroxylation is 1. The van der Waals surface area contributed by atoms with Gasteiger partial charge in [-0.25, -0.2) is 12.8 Å². The van der Waals surface area contributed by atoms with Crippen LogP contribution in [-0.2, 0) is 9.05 Å². The standard InChI is InChI=1S/C14H20ClFO3S/c1-10-7-12(16)5-6-13(10)19-8-11(14(2,3)4)9-20(15,17)18/h5-7,11H,8-9H2,1-4H3. The molecule has 6 heteroatoms. The number of ether oxygens (including phenoxy) is 1. The van der Waals surface area contributed by atoms with Crippen molar-refractivity contribution >= 4 is 19.7 Å². The topological polar surface area (TPSA) is 43.4 Å². The highest BCUT2D eigenvalue weighted by Gasteiger charge is 2.29. The minimum atomic E-state index is -3.60. The van der Waals surface area contributed by atoms with Crippen molar-refractivity contribution in [2.24, 2.45) is 11.3 Å². The fraction of sp³-hybridized carbons (Fsp3) is 0.571. The predicted octanol–water partition coefficient (Wildman–Crippen LogP) is 3.74. The minimum Gasteiger partial charge on any atom is -0.493 e. The van der Waals surface area contributed by atoms with Gasteiger partial charge in [0.1, 0.15) is 11.6 Å². The van der Waals surface area contributed by atoms with Crippen LogP contribution in [-0.4, -0.2) is 20.8 Å². The predicted molar refractivity (Wildman–Crippen MR) is 79.2 cm³/mol. The second kappa shape index (κ2) is 6.31. The minimum absolute atomic E-state index is 0.154. The fourth-order valence-corrected chi connectivity index (χ4v) is 3.29. The van der Waals surface area contributed by atoms with Gasteiger partial charge in [0, 0.05) is 16.6 Å². The first-order chi connectivity index (χ1) is 8.99. The molecule has 114 valence electrons. The summed E-state index contributed by atoms with van der Waals surface area (Å²) >= 11 is 0. The summed E-state index contributed by atoms with van der Waals surface area (Å²) in [6.07, 6.45) is 0. The molecule has 1 atom stereocenters. The molecular formula is C14H20ClFO3S. The van der Waals surface area contributed by atoms with E-state index in [2.05, 4.69) is 0 Å². The summed E-state index contributed by atoms with van der Waals surface area (Å²) in [5, 5.41) is 0. The average Bonchev–Trinajstić information content (AvgIpc) is 2.23. The fourth-order valence-electron chi connectivity index (χ4n) is 1.75. The molecule has 1 aromatic carbocycles. The van der Waals surface area contributed by atoms with E-state index in [0.29, 0.717) is 11.3 Å². The Balaban J connectivity index is 2.81. The van der Waals surface area contributed by atoms with Crippen LogP contribution in [0.1, 0.15) is 26.3 Å².